The van der Waals surface area contributed by atoms with Gasteiger partial charge in [-0.15, -0.1) is 6.58 Å². The molecule has 0 aromatic carbocycles. The van der Waals surface area contributed by atoms with Crippen molar-refractivity contribution >= 4 is 8.07 Å². The molecule has 5 heteroatoms. The standard InChI is InChI=1S/C17H27NO3Si/c1-7-8-18-14(19)11-9-13-17(21-13,10-12(11)15(18)20)22(5,6)16(2,3)4/h7,13,19-20H,1,8-10H2,2-6H3. The van der Waals surface area contributed by atoms with E-state index in [0.29, 0.717) is 19.4 Å². The summed E-state index contributed by atoms with van der Waals surface area (Å²) in [6.45, 7) is 15.8. The van der Waals surface area contributed by atoms with Gasteiger partial charge in [0.15, 0.2) is 11.8 Å². The van der Waals surface area contributed by atoms with Gasteiger partial charge < -0.3 is 14.9 Å². The number of allylic oxidation sites excluding steroid dienone is 1. The third-order valence-corrected chi connectivity index (χ3v) is 12.8. The highest BCUT2D eigenvalue weighted by Gasteiger charge is 2.70. The summed E-state index contributed by atoms with van der Waals surface area (Å²) in [4.78, 5) is 0. The topological polar surface area (TPSA) is 57.9 Å². The summed E-state index contributed by atoms with van der Waals surface area (Å²) in [7, 11) is -1.72. The van der Waals surface area contributed by atoms with Gasteiger partial charge in [-0.05, 0) is 5.04 Å². The first-order chi connectivity index (χ1) is 10.1. The lowest BCUT2D eigenvalue weighted by molar-refractivity contribution is 0.334. The molecule has 4 nitrogen and oxygen atoms in total. The van der Waals surface area contributed by atoms with E-state index < -0.39 is 8.07 Å². The van der Waals surface area contributed by atoms with Crippen LogP contribution in [0, 0.1) is 0 Å². The van der Waals surface area contributed by atoms with Crippen LogP contribution in [0.25, 0.3) is 0 Å². The average molecular weight is 321 g/mol. The Hall–Kier alpha value is -1.20. The van der Waals surface area contributed by atoms with E-state index in [4.69, 9.17) is 4.74 Å². The van der Waals surface area contributed by atoms with Crippen LogP contribution in [0.2, 0.25) is 18.1 Å². The third-order valence-electron chi connectivity index (χ3n) is 6.30. The van der Waals surface area contributed by atoms with Gasteiger partial charge in [-0.1, -0.05) is 39.9 Å². The smallest absolute Gasteiger partial charge is 0.197 e. The molecule has 1 aromatic rings. The molecule has 0 bridgehead atoms. The average Bonchev–Trinajstić information content (AvgIpc) is 3.11. The van der Waals surface area contributed by atoms with Gasteiger partial charge in [0, 0.05) is 30.5 Å². The summed E-state index contributed by atoms with van der Waals surface area (Å²) in [6.07, 6.45) is 3.29. The maximum atomic E-state index is 10.5. The van der Waals surface area contributed by atoms with Crippen LogP contribution in [0.5, 0.6) is 11.8 Å². The minimum absolute atomic E-state index is 0.109. The molecular weight excluding hydrogens is 294 g/mol. The Morgan fingerprint density at radius 3 is 2.45 bits per heavy atom. The van der Waals surface area contributed by atoms with Crippen LogP contribution in [-0.4, -0.2) is 34.2 Å². The van der Waals surface area contributed by atoms with E-state index in [1.165, 1.54) is 0 Å². The lowest BCUT2D eigenvalue weighted by Crippen LogP contribution is -2.55. The molecule has 0 saturated carbocycles. The van der Waals surface area contributed by atoms with Gasteiger partial charge in [-0.2, -0.15) is 0 Å². The van der Waals surface area contributed by atoms with Crippen LogP contribution >= 0.6 is 0 Å². The minimum Gasteiger partial charge on any atom is -0.494 e. The molecule has 2 heterocycles. The second kappa shape index (κ2) is 4.42. The number of ether oxygens (including phenoxy) is 1. The Morgan fingerprint density at radius 2 is 1.91 bits per heavy atom. The van der Waals surface area contributed by atoms with Gasteiger partial charge in [0.2, 0.25) is 0 Å². The molecule has 3 rings (SSSR count). The largest absolute Gasteiger partial charge is 0.494 e. The fourth-order valence-electron chi connectivity index (χ4n) is 3.83. The van der Waals surface area contributed by atoms with E-state index in [1.807, 2.05) is 0 Å². The molecule has 0 radical (unpaired) electrons. The Labute approximate surface area is 133 Å². The lowest BCUT2D eigenvalue weighted by atomic mass is 9.94. The highest BCUT2D eigenvalue weighted by molar-refractivity contribution is 6.83. The van der Waals surface area contributed by atoms with Crippen molar-refractivity contribution in [1.29, 1.82) is 0 Å². The first-order valence-electron chi connectivity index (χ1n) is 7.97. The van der Waals surface area contributed by atoms with E-state index in [2.05, 4.69) is 40.4 Å². The van der Waals surface area contributed by atoms with Gasteiger partial charge >= 0.3 is 0 Å². The molecule has 1 aliphatic heterocycles. The van der Waals surface area contributed by atoms with Crippen molar-refractivity contribution in [3.05, 3.63) is 23.8 Å². The van der Waals surface area contributed by atoms with Crippen molar-refractivity contribution in [2.24, 2.45) is 0 Å². The molecule has 0 spiro atoms. The number of epoxide rings is 1. The van der Waals surface area contributed by atoms with Gasteiger partial charge in [0.25, 0.3) is 0 Å². The van der Waals surface area contributed by atoms with Crippen molar-refractivity contribution in [1.82, 2.24) is 4.57 Å². The zero-order valence-electron chi connectivity index (χ0n) is 14.2. The normalized spacial score (nSPS) is 27.2. The van der Waals surface area contributed by atoms with Crippen molar-refractivity contribution in [3.63, 3.8) is 0 Å². The second-order valence-electron chi connectivity index (χ2n) is 8.26. The molecule has 1 aliphatic carbocycles. The predicted molar refractivity (Wildman–Crippen MR) is 90.2 cm³/mol. The summed E-state index contributed by atoms with van der Waals surface area (Å²) in [5, 5.41) is 21.0. The molecule has 2 N–H and O–H groups in total. The van der Waals surface area contributed by atoms with Crippen molar-refractivity contribution in [3.8, 4) is 11.8 Å². The summed E-state index contributed by atoms with van der Waals surface area (Å²) < 4.78 is 7.76. The lowest BCUT2D eigenvalue weighted by Gasteiger charge is -2.43. The number of aromatic nitrogens is 1. The zero-order chi connectivity index (χ0) is 16.5. The van der Waals surface area contributed by atoms with Crippen LogP contribution in [0.15, 0.2) is 12.7 Å². The quantitative estimate of drug-likeness (QED) is 0.510. The number of fused-ring (bicyclic) bond motifs is 2. The van der Waals surface area contributed by atoms with Crippen LogP contribution in [0.4, 0.5) is 0 Å². The van der Waals surface area contributed by atoms with E-state index in [9.17, 15) is 10.2 Å². The van der Waals surface area contributed by atoms with Gasteiger partial charge in [-0.3, -0.25) is 4.57 Å². The Morgan fingerprint density at radius 1 is 1.32 bits per heavy atom. The Kier molecular flexibility index (Phi) is 3.15. The summed E-state index contributed by atoms with van der Waals surface area (Å²) in [6, 6.07) is 0. The highest BCUT2D eigenvalue weighted by Crippen LogP contribution is 2.60. The molecule has 2 atom stereocenters. The van der Waals surface area contributed by atoms with Gasteiger partial charge in [0.05, 0.1) is 19.4 Å². The molecule has 2 aliphatic rings. The van der Waals surface area contributed by atoms with E-state index in [1.54, 1.807) is 10.6 Å². The van der Waals surface area contributed by atoms with E-state index >= 15 is 0 Å². The predicted octanol–water partition coefficient (Wildman–Crippen LogP) is 3.37. The number of rotatable bonds is 3. The van der Waals surface area contributed by atoms with Crippen molar-refractivity contribution in [2.45, 2.75) is 69.6 Å². The molecule has 22 heavy (non-hydrogen) atoms. The third kappa shape index (κ3) is 1.78. The molecule has 2 unspecified atom stereocenters. The van der Waals surface area contributed by atoms with Gasteiger partial charge in [-0.25, -0.2) is 0 Å². The second-order valence-corrected chi connectivity index (χ2v) is 13.9. The summed E-state index contributed by atoms with van der Waals surface area (Å²) >= 11 is 0. The number of hydrogen-bond donors (Lipinski definition) is 2. The first kappa shape index (κ1) is 15.7. The van der Waals surface area contributed by atoms with Crippen LogP contribution in [0.3, 0.4) is 0 Å². The van der Waals surface area contributed by atoms with Crippen LogP contribution in [0.1, 0.15) is 31.9 Å². The maximum absolute atomic E-state index is 10.5. The van der Waals surface area contributed by atoms with E-state index in [0.717, 1.165) is 11.1 Å². The molecule has 0 amide bonds. The minimum atomic E-state index is -1.72. The molecule has 1 aromatic heterocycles. The van der Waals surface area contributed by atoms with Crippen molar-refractivity contribution < 1.29 is 14.9 Å². The number of hydrogen-bond acceptors (Lipinski definition) is 3. The maximum Gasteiger partial charge on any atom is 0.197 e. The van der Waals surface area contributed by atoms with Gasteiger partial charge in [0.1, 0.15) is 0 Å². The van der Waals surface area contributed by atoms with E-state index in [-0.39, 0.29) is 28.1 Å². The summed E-state index contributed by atoms with van der Waals surface area (Å²) in [5.41, 5.74) is 1.73. The molecular formula is C17H27NO3Si. The zero-order valence-corrected chi connectivity index (χ0v) is 15.2. The van der Waals surface area contributed by atoms with Crippen LogP contribution in [-0.2, 0) is 24.1 Å². The molecule has 1 saturated heterocycles. The SMILES string of the molecule is C=CCn1c(O)c2c(c1O)CC1([Si](C)(C)C(C)(C)C)OC1C2. The fraction of sp³-hybridized carbons (Fsp3) is 0.647. The Bertz CT molecular complexity index is 641. The first-order valence-corrected chi connectivity index (χ1v) is 11.0. The highest BCUT2D eigenvalue weighted by atomic mass is 28.3. The fourth-order valence-corrected chi connectivity index (χ4v) is 7.07. The Balaban J connectivity index is 2.03. The number of aromatic hydroxyl groups is 2. The molecule has 122 valence electrons. The molecule has 1 fully saturated rings. The monoisotopic (exact) mass is 321 g/mol. The van der Waals surface area contributed by atoms with Crippen LogP contribution < -0.4 is 0 Å². The van der Waals surface area contributed by atoms with Crippen molar-refractivity contribution in [2.75, 3.05) is 0 Å². The summed E-state index contributed by atoms with van der Waals surface area (Å²) in [5.74, 6) is 0.353. The number of nitrogens with zero attached hydrogens (tertiary/aromatic N) is 1.